The summed E-state index contributed by atoms with van der Waals surface area (Å²) in [6.07, 6.45) is 3.03. The highest BCUT2D eigenvalue weighted by atomic mass is 35.5. The van der Waals surface area contributed by atoms with Gasteiger partial charge in [-0.15, -0.1) is 12.4 Å². The molecule has 126 valence electrons. The molecule has 0 saturated carbocycles. The van der Waals surface area contributed by atoms with Gasteiger partial charge in [0.25, 0.3) is 0 Å². The third kappa shape index (κ3) is 4.24. The number of carbonyl (C=O) groups is 2. The highest BCUT2D eigenvalue weighted by Crippen LogP contribution is 2.27. The summed E-state index contributed by atoms with van der Waals surface area (Å²) in [6.45, 7) is 3.05. The molecule has 1 aromatic rings. The lowest BCUT2D eigenvalue weighted by molar-refractivity contribution is -0.124. The highest BCUT2D eigenvalue weighted by Gasteiger charge is 2.24. The molecule has 2 aliphatic rings. The second-order valence-corrected chi connectivity index (χ2v) is 6.01. The zero-order valence-corrected chi connectivity index (χ0v) is 14.0. The third-order valence-corrected chi connectivity index (χ3v) is 4.49. The second kappa shape index (κ2) is 8.31. The number of fused-ring (bicyclic) bond motifs is 1. The summed E-state index contributed by atoms with van der Waals surface area (Å²) in [6, 6.07) is 8.08. The predicted octanol–water partition coefficient (Wildman–Crippen LogP) is 1.50. The van der Waals surface area contributed by atoms with Crippen molar-refractivity contribution in [3.8, 4) is 0 Å². The minimum atomic E-state index is 0. The number of rotatable bonds is 5. The fraction of sp³-hybridized carbons (Fsp3) is 0.529. The number of carbonyl (C=O) groups excluding carboxylic acids is 2. The first kappa shape index (κ1) is 17.8. The fourth-order valence-corrected chi connectivity index (χ4v) is 3.21. The molecular formula is C17H24ClN3O2. The van der Waals surface area contributed by atoms with Gasteiger partial charge in [0.1, 0.15) is 0 Å². The number of anilines is 1. The molecule has 1 saturated heterocycles. The standard InChI is InChI=1S/C17H23N3O2.ClH/c21-16(20-11-8-13-4-1-2-5-15(13)20)6-3-9-19-17(22)14-7-10-18-12-14;/h1-2,4-5,14,18H,3,6-12H2,(H,19,22);1H. The summed E-state index contributed by atoms with van der Waals surface area (Å²) in [7, 11) is 0. The monoisotopic (exact) mass is 337 g/mol. The van der Waals surface area contributed by atoms with Crippen molar-refractivity contribution in [2.24, 2.45) is 5.92 Å². The summed E-state index contributed by atoms with van der Waals surface area (Å²) in [4.78, 5) is 26.0. The zero-order chi connectivity index (χ0) is 15.4. The van der Waals surface area contributed by atoms with Crippen molar-refractivity contribution in [3.63, 3.8) is 0 Å². The lowest BCUT2D eigenvalue weighted by Crippen LogP contribution is -2.34. The molecule has 1 aromatic carbocycles. The van der Waals surface area contributed by atoms with Gasteiger partial charge in [0.15, 0.2) is 0 Å². The van der Waals surface area contributed by atoms with Crippen molar-refractivity contribution in [2.75, 3.05) is 31.1 Å². The van der Waals surface area contributed by atoms with E-state index in [0.717, 1.165) is 38.2 Å². The van der Waals surface area contributed by atoms with Crippen molar-refractivity contribution in [3.05, 3.63) is 29.8 Å². The minimum Gasteiger partial charge on any atom is -0.356 e. The van der Waals surface area contributed by atoms with Crippen LogP contribution in [0.3, 0.4) is 0 Å². The first-order valence-corrected chi connectivity index (χ1v) is 8.12. The average molecular weight is 338 g/mol. The molecule has 1 unspecified atom stereocenters. The molecule has 0 radical (unpaired) electrons. The van der Waals surface area contributed by atoms with Crippen LogP contribution in [-0.4, -0.2) is 38.0 Å². The molecular weight excluding hydrogens is 314 g/mol. The van der Waals surface area contributed by atoms with Crippen LogP contribution in [0, 0.1) is 5.92 Å². The van der Waals surface area contributed by atoms with Crippen LogP contribution >= 0.6 is 12.4 Å². The number of halogens is 1. The Hall–Kier alpha value is -1.59. The molecule has 0 spiro atoms. The van der Waals surface area contributed by atoms with Gasteiger partial charge in [0.05, 0.1) is 5.92 Å². The van der Waals surface area contributed by atoms with E-state index in [-0.39, 0.29) is 30.1 Å². The third-order valence-electron chi connectivity index (χ3n) is 4.49. The van der Waals surface area contributed by atoms with Crippen molar-refractivity contribution in [1.29, 1.82) is 0 Å². The summed E-state index contributed by atoms with van der Waals surface area (Å²) >= 11 is 0. The number of hydrogen-bond acceptors (Lipinski definition) is 3. The maximum atomic E-state index is 12.3. The number of para-hydroxylation sites is 1. The summed E-state index contributed by atoms with van der Waals surface area (Å²) in [5.41, 5.74) is 2.30. The second-order valence-electron chi connectivity index (χ2n) is 6.01. The van der Waals surface area contributed by atoms with Gasteiger partial charge < -0.3 is 15.5 Å². The van der Waals surface area contributed by atoms with Gasteiger partial charge in [-0.25, -0.2) is 0 Å². The zero-order valence-electron chi connectivity index (χ0n) is 13.2. The van der Waals surface area contributed by atoms with E-state index >= 15 is 0 Å². The van der Waals surface area contributed by atoms with E-state index in [0.29, 0.717) is 19.4 Å². The molecule has 23 heavy (non-hydrogen) atoms. The van der Waals surface area contributed by atoms with Crippen molar-refractivity contribution >= 4 is 29.9 Å². The molecule has 1 atom stereocenters. The normalized spacial score (nSPS) is 19.1. The van der Waals surface area contributed by atoms with Crippen LogP contribution in [-0.2, 0) is 16.0 Å². The Labute approximate surface area is 143 Å². The van der Waals surface area contributed by atoms with E-state index in [1.54, 1.807) is 0 Å². The SMILES string of the molecule is Cl.O=C(NCCCC(=O)N1CCc2ccccc21)C1CCNC1. The number of hydrogen-bond donors (Lipinski definition) is 2. The van der Waals surface area contributed by atoms with Gasteiger partial charge in [0, 0.05) is 31.7 Å². The van der Waals surface area contributed by atoms with Crippen LogP contribution in [0.15, 0.2) is 24.3 Å². The molecule has 0 aliphatic carbocycles. The Morgan fingerprint density at radius 1 is 1.30 bits per heavy atom. The molecule has 0 bridgehead atoms. The first-order chi connectivity index (χ1) is 10.8. The van der Waals surface area contributed by atoms with Crippen LogP contribution in [0.1, 0.15) is 24.8 Å². The number of amides is 2. The van der Waals surface area contributed by atoms with Gasteiger partial charge in [-0.2, -0.15) is 0 Å². The fourth-order valence-electron chi connectivity index (χ4n) is 3.21. The quantitative estimate of drug-likeness (QED) is 0.801. The Balaban J connectivity index is 0.00000192. The van der Waals surface area contributed by atoms with Gasteiger partial charge in [-0.3, -0.25) is 9.59 Å². The van der Waals surface area contributed by atoms with E-state index in [4.69, 9.17) is 0 Å². The smallest absolute Gasteiger partial charge is 0.227 e. The number of nitrogens with one attached hydrogen (secondary N) is 2. The Morgan fingerprint density at radius 2 is 2.13 bits per heavy atom. The molecule has 3 rings (SSSR count). The molecule has 6 heteroatoms. The predicted molar refractivity (Wildman–Crippen MR) is 93.0 cm³/mol. The van der Waals surface area contributed by atoms with Crippen molar-refractivity contribution in [1.82, 2.24) is 10.6 Å². The Bertz CT molecular complexity index is 559. The lowest BCUT2D eigenvalue weighted by Gasteiger charge is -2.17. The van der Waals surface area contributed by atoms with Crippen LogP contribution in [0.25, 0.3) is 0 Å². The topological polar surface area (TPSA) is 61.4 Å². The maximum absolute atomic E-state index is 12.3. The molecule has 2 N–H and O–H groups in total. The average Bonchev–Trinajstić information content (AvgIpc) is 3.20. The van der Waals surface area contributed by atoms with E-state index in [1.165, 1.54) is 5.56 Å². The van der Waals surface area contributed by atoms with Gasteiger partial charge in [0.2, 0.25) is 11.8 Å². The van der Waals surface area contributed by atoms with Crippen LogP contribution in [0.4, 0.5) is 5.69 Å². The summed E-state index contributed by atoms with van der Waals surface area (Å²) in [5, 5.41) is 6.13. The van der Waals surface area contributed by atoms with Crippen molar-refractivity contribution < 1.29 is 9.59 Å². The van der Waals surface area contributed by atoms with E-state index in [2.05, 4.69) is 16.7 Å². The molecule has 0 aromatic heterocycles. The lowest BCUT2D eigenvalue weighted by atomic mass is 10.1. The summed E-state index contributed by atoms with van der Waals surface area (Å²) in [5.74, 6) is 0.367. The van der Waals surface area contributed by atoms with E-state index in [1.807, 2.05) is 23.1 Å². The van der Waals surface area contributed by atoms with Crippen LogP contribution in [0.5, 0.6) is 0 Å². The first-order valence-electron chi connectivity index (χ1n) is 8.12. The Morgan fingerprint density at radius 3 is 2.91 bits per heavy atom. The van der Waals surface area contributed by atoms with E-state index in [9.17, 15) is 9.59 Å². The highest BCUT2D eigenvalue weighted by molar-refractivity contribution is 5.95. The van der Waals surface area contributed by atoms with Crippen LogP contribution < -0.4 is 15.5 Å². The molecule has 5 nitrogen and oxygen atoms in total. The molecule has 2 heterocycles. The van der Waals surface area contributed by atoms with Crippen LogP contribution in [0.2, 0.25) is 0 Å². The van der Waals surface area contributed by atoms with E-state index < -0.39 is 0 Å². The maximum Gasteiger partial charge on any atom is 0.227 e. The summed E-state index contributed by atoms with van der Waals surface area (Å²) < 4.78 is 0. The van der Waals surface area contributed by atoms with Gasteiger partial charge in [-0.1, -0.05) is 18.2 Å². The molecule has 2 amide bonds. The largest absolute Gasteiger partial charge is 0.356 e. The molecule has 2 aliphatic heterocycles. The molecule has 1 fully saturated rings. The van der Waals surface area contributed by atoms with Crippen molar-refractivity contribution in [2.45, 2.75) is 25.7 Å². The number of benzene rings is 1. The Kier molecular flexibility index (Phi) is 6.42. The number of nitrogens with zero attached hydrogens (tertiary/aromatic N) is 1. The minimum absolute atomic E-state index is 0. The van der Waals surface area contributed by atoms with Gasteiger partial charge in [-0.05, 0) is 37.4 Å². The van der Waals surface area contributed by atoms with Gasteiger partial charge >= 0.3 is 0 Å².